The quantitative estimate of drug-likeness (QED) is 0.752. The fourth-order valence-electron chi connectivity index (χ4n) is 0.988. The van der Waals surface area contributed by atoms with Crippen LogP contribution in [0.1, 0.15) is 24.2 Å². The molecule has 2 nitrogen and oxygen atoms in total. The summed E-state index contributed by atoms with van der Waals surface area (Å²) in [5.41, 5.74) is 0.725. The van der Waals surface area contributed by atoms with Crippen LogP contribution in [0, 0.1) is 5.92 Å². The van der Waals surface area contributed by atoms with Crippen LogP contribution in [-0.4, -0.2) is 12.5 Å². The van der Waals surface area contributed by atoms with E-state index in [9.17, 15) is 4.79 Å². The highest BCUT2D eigenvalue weighted by atomic mass is 16.1. The van der Waals surface area contributed by atoms with Crippen LogP contribution in [0.2, 0.25) is 0 Å². The Morgan fingerprint density at radius 1 is 1.31 bits per heavy atom. The lowest BCUT2D eigenvalue weighted by atomic mass is 10.2. The summed E-state index contributed by atoms with van der Waals surface area (Å²) in [6, 6.07) is 9.26. The van der Waals surface area contributed by atoms with Gasteiger partial charge in [-0.2, -0.15) is 0 Å². The van der Waals surface area contributed by atoms with E-state index >= 15 is 0 Å². The molecule has 0 fully saturated rings. The molecule has 0 heterocycles. The second-order valence-electron chi connectivity index (χ2n) is 3.47. The fraction of sp³-hybridized carbons (Fsp3) is 0.364. The highest BCUT2D eigenvalue weighted by Gasteiger charge is 2.03. The second-order valence-corrected chi connectivity index (χ2v) is 3.47. The van der Waals surface area contributed by atoms with Crippen molar-refractivity contribution < 1.29 is 4.79 Å². The minimum absolute atomic E-state index is 0.00861. The predicted octanol–water partition coefficient (Wildman–Crippen LogP) is 2.07. The average molecular weight is 177 g/mol. The van der Waals surface area contributed by atoms with E-state index in [0.717, 1.165) is 12.1 Å². The Kier molecular flexibility index (Phi) is 3.50. The van der Waals surface area contributed by atoms with Gasteiger partial charge in [0.1, 0.15) is 0 Å². The number of carbonyl (C=O) groups is 1. The molecule has 0 atom stereocenters. The van der Waals surface area contributed by atoms with Crippen molar-refractivity contribution in [2.75, 3.05) is 6.54 Å². The Morgan fingerprint density at radius 3 is 2.46 bits per heavy atom. The molecule has 0 aliphatic carbocycles. The molecule has 0 saturated carbocycles. The third kappa shape index (κ3) is 3.28. The van der Waals surface area contributed by atoms with Crippen molar-refractivity contribution in [1.82, 2.24) is 5.32 Å². The van der Waals surface area contributed by atoms with Gasteiger partial charge in [0.05, 0.1) is 0 Å². The van der Waals surface area contributed by atoms with E-state index in [1.54, 1.807) is 0 Å². The molecule has 0 spiro atoms. The van der Waals surface area contributed by atoms with E-state index < -0.39 is 0 Å². The van der Waals surface area contributed by atoms with Crippen molar-refractivity contribution in [1.29, 1.82) is 0 Å². The molecule has 70 valence electrons. The molecule has 0 saturated heterocycles. The van der Waals surface area contributed by atoms with Gasteiger partial charge in [0, 0.05) is 12.1 Å². The van der Waals surface area contributed by atoms with E-state index in [0.29, 0.717) is 5.92 Å². The zero-order valence-electron chi connectivity index (χ0n) is 8.08. The first-order chi connectivity index (χ1) is 6.20. The SMILES string of the molecule is CC(C)CNC(=O)c1ccccc1. The summed E-state index contributed by atoms with van der Waals surface area (Å²) in [7, 11) is 0. The van der Waals surface area contributed by atoms with Crippen molar-refractivity contribution in [2.24, 2.45) is 5.92 Å². The van der Waals surface area contributed by atoms with Crippen molar-refractivity contribution in [2.45, 2.75) is 13.8 Å². The van der Waals surface area contributed by atoms with Crippen LogP contribution in [-0.2, 0) is 0 Å². The Morgan fingerprint density at radius 2 is 1.92 bits per heavy atom. The maximum Gasteiger partial charge on any atom is 0.251 e. The summed E-state index contributed by atoms with van der Waals surface area (Å²) in [5, 5.41) is 2.86. The Hall–Kier alpha value is -1.31. The summed E-state index contributed by atoms with van der Waals surface area (Å²) < 4.78 is 0. The molecule has 0 aliphatic rings. The van der Waals surface area contributed by atoms with Crippen LogP contribution in [0.25, 0.3) is 0 Å². The van der Waals surface area contributed by atoms with Gasteiger partial charge in [0.25, 0.3) is 5.91 Å². The first-order valence-corrected chi connectivity index (χ1v) is 4.53. The maximum absolute atomic E-state index is 11.4. The van der Waals surface area contributed by atoms with E-state index in [1.165, 1.54) is 0 Å². The van der Waals surface area contributed by atoms with E-state index in [4.69, 9.17) is 0 Å². The van der Waals surface area contributed by atoms with Crippen LogP contribution in [0.15, 0.2) is 30.3 Å². The van der Waals surface area contributed by atoms with Gasteiger partial charge in [0.15, 0.2) is 0 Å². The molecule has 1 rings (SSSR count). The van der Waals surface area contributed by atoms with Gasteiger partial charge in [-0.1, -0.05) is 32.0 Å². The standard InChI is InChI=1S/C11H15NO/c1-9(2)8-12-11(13)10-6-4-3-5-7-10/h3-7,9H,8H2,1-2H3,(H,12,13). The van der Waals surface area contributed by atoms with E-state index in [2.05, 4.69) is 19.2 Å². The summed E-state index contributed by atoms with van der Waals surface area (Å²) >= 11 is 0. The third-order valence-corrected chi connectivity index (χ3v) is 1.71. The second kappa shape index (κ2) is 4.65. The zero-order chi connectivity index (χ0) is 9.68. The topological polar surface area (TPSA) is 29.1 Å². The van der Waals surface area contributed by atoms with Gasteiger partial charge >= 0.3 is 0 Å². The predicted molar refractivity (Wildman–Crippen MR) is 53.6 cm³/mol. The van der Waals surface area contributed by atoms with Gasteiger partial charge in [-0.05, 0) is 18.1 Å². The van der Waals surface area contributed by atoms with Gasteiger partial charge in [-0.25, -0.2) is 0 Å². The molecular formula is C11H15NO. The summed E-state index contributed by atoms with van der Waals surface area (Å²) in [6.07, 6.45) is 0. The molecule has 2 heteroatoms. The number of hydrogen-bond donors (Lipinski definition) is 1. The number of rotatable bonds is 3. The monoisotopic (exact) mass is 177 g/mol. The first kappa shape index (κ1) is 9.78. The van der Waals surface area contributed by atoms with Crippen molar-refractivity contribution in [3.8, 4) is 0 Å². The fourth-order valence-corrected chi connectivity index (χ4v) is 0.988. The lowest BCUT2D eigenvalue weighted by Gasteiger charge is -2.06. The van der Waals surface area contributed by atoms with Crippen molar-refractivity contribution in [3.63, 3.8) is 0 Å². The molecule has 13 heavy (non-hydrogen) atoms. The average Bonchev–Trinajstić information content (AvgIpc) is 2.15. The van der Waals surface area contributed by atoms with Gasteiger partial charge in [-0.15, -0.1) is 0 Å². The largest absolute Gasteiger partial charge is 0.352 e. The van der Waals surface area contributed by atoms with E-state index in [1.807, 2.05) is 30.3 Å². The zero-order valence-corrected chi connectivity index (χ0v) is 8.08. The first-order valence-electron chi connectivity index (χ1n) is 4.53. The number of nitrogens with one attached hydrogen (secondary N) is 1. The molecule has 1 N–H and O–H groups in total. The smallest absolute Gasteiger partial charge is 0.251 e. The van der Waals surface area contributed by atoms with Crippen LogP contribution in [0.5, 0.6) is 0 Å². The molecule has 0 unspecified atom stereocenters. The van der Waals surface area contributed by atoms with E-state index in [-0.39, 0.29) is 5.91 Å². The molecule has 0 radical (unpaired) electrons. The molecule has 1 aromatic carbocycles. The lowest BCUT2D eigenvalue weighted by Crippen LogP contribution is -2.27. The Bertz CT molecular complexity index is 267. The molecule has 0 bridgehead atoms. The Labute approximate surface area is 79.0 Å². The molecule has 1 amide bonds. The summed E-state index contributed by atoms with van der Waals surface area (Å²) in [5.74, 6) is 0.502. The number of amides is 1. The molecule has 0 aliphatic heterocycles. The highest BCUT2D eigenvalue weighted by molar-refractivity contribution is 5.94. The van der Waals surface area contributed by atoms with Crippen LogP contribution in [0.4, 0.5) is 0 Å². The number of hydrogen-bond acceptors (Lipinski definition) is 1. The molecule has 0 aromatic heterocycles. The molecular weight excluding hydrogens is 162 g/mol. The normalized spacial score (nSPS) is 10.1. The van der Waals surface area contributed by atoms with Crippen LogP contribution < -0.4 is 5.32 Å². The van der Waals surface area contributed by atoms with Crippen molar-refractivity contribution in [3.05, 3.63) is 35.9 Å². The molecule has 1 aromatic rings. The summed E-state index contributed by atoms with van der Waals surface area (Å²) in [4.78, 5) is 11.4. The Balaban J connectivity index is 2.50. The minimum atomic E-state index is 0.00861. The summed E-state index contributed by atoms with van der Waals surface area (Å²) in [6.45, 7) is 4.88. The third-order valence-electron chi connectivity index (χ3n) is 1.71. The number of benzene rings is 1. The minimum Gasteiger partial charge on any atom is -0.352 e. The van der Waals surface area contributed by atoms with Crippen LogP contribution >= 0.6 is 0 Å². The van der Waals surface area contributed by atoms with Gasteiger partial charge < -0.3 is 5.32 Å². The maximum atomic E-state index is 11.4. The number of carbonyl (C=O) groups excluding carboxylic acids is 1. The van der Waals surface area contributed by atoms with Gasteiger partial charge in [-0.3, -0.25) is 4.79 Å². The van der Waals surface area contributed by atoms with Crippen molar-refractivity contribution >= 4 is 5.91 Å². The lowest BCUT2D eigenvalue weighted by molar-refractivity contribution is 0.0949. The van der Waals surface area contributed by atoms with Crippen LogP contribution in [0.3, 0.4) is 0 Å². The highest BCUT2D eigenvalue weighted by Crippen LogP contribution is 1.98. The van der Waals surface area contributed by atoms with Gasteiger partial charge in [0.2, 0.25) is 0 Å².